The average molecular weight is 447 g/mol. The highest BCUT2D eigenvalue weighted by Crippen LogP contribution is 2.21. The van der Waals surface area contributed by atoms with Gasteiger partial charge in [-0.25, -0.2) is 0 Å². The predicted octanol–water partition coefficient (Wildman–Crippen LogP) is 5.74. The molecule has 0 radical (unpaired) electrons. The fourth-order valence-electron chi connectivity index (χ4n) is 2.72. The van der Waals surface area contributed by atoms with Crippen molar-refractivity contribution in [1.29, 1.82) is 0 Å². The standard InChI is InChI=1S/C27H30N2O4/c1-5-7-15-26(19-28-21(4)30)32-20(3)17-24(6-2)33-25-16-11-14-23(18-25)29-27(31)22-12-9-8-10-13-22/h5-18H,19H2,1-4H3,(H,28,30)(H,29,31)/b7-5-,20-17+,24-6+,26-15+. The number of allylic oxidation sites excluding steroid dienone is 6. The number of benzene rings is 2. The van der Waals surface area contributed by atoms with E-state index in [4.69, 9.17) is 9.47 Å². The summed E-state index contributed by atoms with van der Waals surface area (Å²) in [6.45, 7) is 7.30. The van der Waals surface area contributed by atoms with Gasteiger partial charge in [0.1, 0.15) is 23.0 Å². The van der Waals surface area contributed by atoms with Crippen molar-refractivity contribution in [2.75, 3.05) is 11.9 Å². The summed E-state index contributed by atoms with van der Waals surface area (Å²) in [5.74, 6) is 2.01. The largest absolute Gasteiger partial charge is 0.464 e. The molecule has 33 heavy (non-hydrogen) atoms. The van der Waals surface area contributed by atoms with Gasteiger partial charge in [0.25, 0.3) is 5.91 Å². The number of anilines is 1. The Hall–Kier alpha value is -4.06. The van der Waals surface area contributed by atoms with Crippen molar-refractivity contribution < 1.29 is 19.1 Å². The Balaban J connectivity index is 2.07. The quantitative estimate of drug-likeness (QED) is 0.361. The van der Waals surface area contributed by atoms with E-state index < -0.39 is 0 Å². The normalized spacial score (nSPS) is 12.4. The first-order valence-corrected chi connectivity index (χ1v) is 10.6. The molecule has 0 heterocycles. The molecule has 0 atom stereocenters. The minimum absolute atomic E-state index is 0.136. The molecule has 0 fully saturated rings. The minimum atomic E-state index is -0.192. The summed E-state index contributed by atoms with van der Waals surface area (Å²) in [6.07, 6.45) is 9.08. The lowest BCUT2D eigenvalue weighted by atomic mass is 10.2. The molecule has 0 saturated heterocycles. The van der Waals surface area contributed by atoms with Gasteiger partial charge in [-0.1, -0.05) is 36.4 Å². The molecular formula is C27H30N2O4. The third-order valence-corrected chi connectivity index (χ3v) is 4.27. The topological polar surface area (TPSA) is 76.7 Å². The highest BCUT2D eigenvalue weighted by molar-refractivity contribution is 6.04. The lowest BCUT2D eigenvalue weighted by Gasteiger charge is -2.13. The van der Waals surface area contributed by atoms with E-state index >= 15 is 0 Å². The van der Waals surface area contributed by atoms with E-state index in [1.807, 2.05) is 56.3 Å². The number of hydrogen-bond donors (Lipinski definition) is 2. The molecule has 2 rings (SSSR count). The third kappa shape index (κ3) is 9.31. The zero-order chi connectivity index (χ0) is 24.1. The summed E-state index contributed by atoms with van der Waals surface area (Å²) < 4.78 is 11.9. The summed E-state index contributed by atoms with van der Waals surface area (Å²) in [5.41, 5.74) is 1.20. The lowest BCUT2D eigenvalue weighted by Crippen LogP contribution is -2.23. The van der Waals surface area contributed by atoms with Crippen LogP contribution in [0.3, 0.4) is 0 Å². The summed E-state index contributed by atoms with van der Waals surface area (Å²) in [4.78, 5) is 23.6. The van der Waals surface area contributed by atoms with Crippen molar-refractivity contribution in [2.24, 2.45) is 0 Å². The van der Waals surface area contributed by atoms with Gasteiger partial charge in [-0.3, -0.25) is 9.59 Å². The van der Waals surface area contributed by atoms with Crippen molar-refractivity contribution in [2.45, 2.75) is 27.7 Å². The second-order valence-electron chi connectivity index (χ2n) is 7.07. The average Bonchev–Trinajstić information content (AvgIpc) is 2.81. The number of carbonyl (C=O) groups excluding carboxylic acids is 2. The van der Waals surface area contributed by atoms with Crippen LogP contribution in [0, 0.1) is 0 Å². The molecule has 0 saturated carbocycles. The SMILES string of the molecule is C/C=C\C=C(/CNC(C)=O)O/C(C)=C/C(=C\C)Oc1cccc(NC(=O)c2ccccc2)c1. The number of rotatable bonds is 10. The Morgan fingerprint density at radius 3 is 2.42 bits per heavy atom. The number of amides is 2. The molecule has 0 aliphatic carbocycles. The van der Waals surface area contributed by atoms with E-state index in [1.54, 1.807) is 49.4 Å². The molecule has 172 valence electrons. The summed E-state index contributed by atoms with van der Waals surface area (Å²) >= 11 is 0. The summed E-state index contributed by atoms with van der Waals surface area (Å²) in [6, 6.07) is 16.2. The molecule has 0 aliphatic heterocycles. The summed E-state index contributed by atoms with van der Waals surface area (Å²) in [7, 11) is 0. The molecule has 0 bridgehead atoms. The van der Waals surface area contributed by atoms with Crippen LogP contribution in [0.2, 0.25) is 0 Å². The first-order chi connectivity index (χ1) is 15.9. The fraction of sp³-hybridized carbons (Fsp3) is 0.185. The van der Waals surface area contributed by atoms with Gasteiger partial charge in [0, 0.05) is 30.3 Å². The first kappa shape index (κ1) is 25.2. The Morgan fingerprint density at radius 1 is 1.00 bits per heavy atom. The van der Waals surface area contributed by atoms with Crippen LogP contribution in [0.4, 0.5) is 5.69 Å². The number of ether oxygens (including phenoxy) is 2. The van der Waals surface area contributed by atoms with Gasteiger partial charge in [0.05, 0.1) is 6.54 Å². The zero-order valence-corrected chi connectivity index (χ0v) is 19.4. The van der Waals surface area contributed by atoms with Crippen molar-refractivity contribution >= 4 is 17.5 Å². The second-order valence-corrected chi connectivity index (χ2v) is 7.07. The predicted molar refractivity (Wildman–Crippen MR) is 132 cm³/mol. The highest BCUT2D eigenvalue weighted by Gasteiger charge is 2.07. The van der Waals surface area contributed by atoms with E-state index in [0.29, 0.717) is 34.3 Å². The number of carbonyl (C=O) groups is 2. The van der Waals surface area contributed by atoms with Crippen molar-refractivity contribution in [3.63, 3.8) is 0 Å². The molecule has 6 heteroatoms. The van der Waals surface area contributed by atoms with Crippen molar-refractivity contribution in [1.82, 2.24) is 5.32 Å². The molecule has 2 aromatic carbocycles. The van der Waals surface area contributed by atoms with Crippen LogP contribution < -0.4 is 15.4 Å². The molecule has 2 aromatic rings. The van der Waals surface area contributed by atoms with E-state index in [9.17, 15) is 9.59 Å². The van der Waals surface area contributed by atoms with Crippen LogP contribution >= 0.6 is 0 Å². The monoisotopic (exact) mass is 446 g/mol. The Bertz CT molecular complexity index is 1070. The zero-order valence-electron chi connectivity index (χ0n) is 19.4. The van der Waals surface area contributed by atoms with E-state index in [1.165, 1.54) is 6.92 Å². The van der Waals surface area contributed by atoms with Gasteiger partial charge < -0.3 is 20.1 Å². The maximum Gasteiger partial charge on any atom is 0.255 e. The first-order valence-electron chi connectivity index (χ1n) is 10.6. The molecular weight excluding hydrogens is 416 g/mol. The van der Waals surface area contributed by atoms with Gasteiger partial charge in [-0.15, -0.1) is 0 Å². The maximum absolute atomic E-state index is 12.4. The number of nitrogens with one attached hydrogen (secondary N) is 2. The van der Waals surface area contributed by atoms with Crippen molar-refractivity contribution in [3.8, 4) is 5.75 Å². The Morgan fingerprint density at radius 2 is 1.76 bits per heavy atom. The van der Waals surface area contributed by atoms with Gasteiger partial charge >= 0.3 is 0 Å². The van der Waals surface area contributed by atoms with E-state index in [2.05, 4.69) is 10.6 Å². The molecule has 6 nitrogen and oxygen atoms in total. The van der Waals surface area contributed by atoms with Crippen LogP contribution in [0.5, 0.6) is 5.75 Å². The van der Waals surface area contributed by atoms with Crippen LogP contribution in [0.15, 0.2) is 102 Å². The van der Waals surface area contributed by atoms with Crippen LogP contribution in [-0.4, -0.2) is 18.4 Å². The number of hydrogen-bond acceptors (Lipinski definition) is 4. The molecule has 0 aromatic heterocycles. The Labute approximate surface area is 195 Å². The summed E-state index contributed by atoms with van der Waals surface area (Å²) in [5, 5.41) is 5.60. The van der Waals surface area contributed by atoms with E-state index in [-0.39, 0.29) is 18.4 Å². The molecule has 0 unspecified atom stereocenters. The molecule has 2 amide bonds. The van der Waals surface area contributed by atoms with Crippen molar-refractivity contribution in [3.05, 3.63) is 108 Å². The molecule has 0 spiro atoms. The van der Waals surface area contributed by atoms with Crippen LogP contribution in [-0.2, 0) is 9.53 Å². The van der Waals surface area contributed by atoms with Gasteiger partial charge in [0.2, 0.25) is 5.91 Å². The smallest absolute Gasteiger partial charge is 0.255 e. The molecule has 2 N–H and O–H groups in total. The highest BCUT2D eigenvalue weighted by atomic mass is 16.5. The van der Waals surface area contributed by atoms with Crippen LogP contribution in [0.1, 0.15) is 38.1 Å². The maximum atomic E-state index is 12.4. The Kier molecular flexibility index (Phi) is 10.2. The third-order valence-electron chi connectivity index (χ3n) is 4.27. The van der Waals surface area contributed by atoms with Gasteiger partial charge in [-0.05, 0) is 57.2 Å². The lowest BCUT2D eigenvalue weighted by molar-refractivity contribution is -0.118. The minimum Gasteiger partial charge on any atom is -0.464 e. The van der Waals surface area contributed by atoms with E-state index in [0.717, 1.165) is 0 Å². The van der Waals surface area contributed by atoms with Gasteiger partial charge in [-0.2, -0.15) is 0 Å². The van der Waals surface area contributed by atoms with Crippen LogP contribution in [0.25, 0.3) is 0 Å². The second kappa shape index (κ2) is 13.4. The molecule has 0 aliphatic rings. The fourth-order valence-corrected chi connectivity index (χ4v) is 2.72. The van der Waals surface area contributed by atoms with Gasteiger partial charge in [0.15, 0.2) is 0 Å².